The van der Waals surface area contributed by atoms with Crippen LogP contribution in [-0.4, -0.2) is 4.98 Å². The minimum Gasteiger partial charge on any atom is -0.265 e. The van der Waals surface area contributed by atoms with Gasteiger partial charge in [-0.1, -0.05) is 181 Å². The summed E-state index contributed by atoms with van der Waals surface area (Å²) in [6.07, 6.45) is 3.50. The molecular formula is C35H71N. The Labute approximate surface area is 232 Å². The number of hydrogen-bond donors (Lipinski definition) is 0. The normalized spacial score (nSPS) is 9.67. The van der Waals surface area contributed by atoms with Gasteiger partial charge in [-0.25, -0.2) is 0 Å². The molecule has 1 aromatic carbocycles. The smallest absolute Gasteiger partial charge is 0.0267 e. The van der Waals surface area contributed by atoms with E-state index in [0.29, 0.717) is 21.7 Å². The number of benzene rings is 1. The van der Waals surface area contributed by atoms with Crippen molar-refractivity contribution in [3.8, 4) is 0 Å². The van der Waals surface area contributed by atoms with Crippen molar-refractivity contribution < 1.29 is 0 Å². The molecule has 0 amide bonds. The van der Waals surface area contributed by atoms with Crippen molar-refractivity contribution in [1.29, 1.82) is 0 Å². The quantitative estimate of drug-likeness (QED) is 0.347. The van der Waals surface area contributed by atoms with Crippen LogP contribution in [0.1, 0.15) is 138 Å². The molecule has 0 saturated heterocycles. The first kappa shape index (κ1) is 47.6. The third kappa shape index (κ3) is 296. The van der Waals surface area contributed by atoms with Crippen LogP contribution < -0.4 is 0 Å². The van der Waals surface area contributed by atoms with Crippen LogP contribution in [0.3, 0.4) is 0 Å². The third-order valence-electron chi connectivity index (χ3n) is 1.23. The predicted molar refractivity (Wildman–Crippen MR) is 174 cm³/mol. The summed E-state index contributed by atoms with van der Waals surface area (Å²) >= 11 is 0. The zero-order valence-corrected chi connectivity index (χ0v) is 28.8. The highest BCUT2D eigenvalue weighted by molar-refractivity contribution is 4.99. The highest BCUT2D eigenvalue weighted by atomic mass is 14.6. The average Bonchev–Trinajstić information content (AvgIpc) is 2.69. The predicted octanol–water partition coefficient (Wildman–Crippen LogP) is 13.0. The fourth-order valence-electron chi connectivity index (χ4n) is 0.698. The lowest BCUT2D eigenvalue weighted by Gasteiger charge is -2.05. The molecule has 2 rings (SSSR count). The Morgan fingerprint density at radius 3 is 0.444 bits per heavy atom. The van der Waals surface area contributed by atoms with Crippen LogP contribution >= 0.6 is 0 Å². The number of aromatic nitrogens is 1. The van der Waals surface area contributed by atoms with Crippen molar-refractivity contribution in [2.45, 2.75) is 138 Å². The second-order valence-electron chi connectivity index (χ2n) is 14.2. The second-order valence-corrected chi connectivity index (χ2v) is 14.2. The number of nitrogens with zero attached hydrogens (tertiary/aromatic N) is 1. The zero-order valence-electron chi connectivity index (χ0n) is 28.8. The van der Waals surface area contributed by atoms with Crippen LogP contribution in [-0.2, 0) is 0 Å². The van der Waals surface area contributed by atoms with Gasteiger partial charge in [-0.05, 0) is 33.8 Å². The SMILES string of the molecule is CC.CC.CC(C)(C)C.CC(C)(C)C.CC(C)(C)C.CC(C)(C)C.c1ccccc1.c1ccncc1. The van der Waals surface area contributed by atoms with E-state index in [1.165, 1.54) is 0 Å². The standard InChI is InChI=1S/C6H6.C5H5N.4C5H12.2C2H6/c2*1-2-4-6-5-3-1;4*1-5(2,3)4;2*1-2/h1-6H;1-5H;4*1-4H3;2*1-2H3. The van der Waals surface area contributed by atoms with Crippen molar-refractivity contribution in [3.05, 3.63) is 67.0 Å². The van der Waals surface area contributed by atoms with E-state index in [0.717, 1.165) is 0 Å². The van der Waals surface area contributed by atoms with E-state index in [2.05, 4.69) is 116 Å². The van der Waals surface area contributed by atoms with Gasteiger partial charge in [-0.15, -0.1) is 0 Å². The van der Waals surface area contributed by atoms with Gasteiger partial charge in [0.25, 0.3) is 0 Å². The summed E-state index contributed by atoms with van der Waals surface area (Å²) in [5.74, 6) is 0. The van der Waals surface area contributed by atoms with Crippen LogP contribution in [0, 0.1) is 21.7 Å². The number of hydrogen-bond acceptors (Lipinski definition) is 1. The van der Waals surface area contributed by atoms with E-state index in [-0.39, 0.29) is 0 Å². The van der Waals surface area contributed by atoms with Gasteiger partial charge in [0.1, 0.15) is 0 Å². The van der Waals surface area contributed by atoms with Gasteiger partial charge in [0.2, 0.25) is 0 Å². The van der Waals surface area contributed by atoms with Gasteiger partial charge in [0, 0.05) is 12.4 Å². The summed E-state index contributed by atoms with van der Waals surface area (Å²) in [5, 5.41) is 0. The fraction of sp³-hybridized carbons (Fsp3) is 0.686. The summed E-state index contributed by atoms with van der Waals surface area (Å²) in [5.41, 5.74) is 2.00. The molecule has 216 valence electrons. The first-order valence-corrected chi connectivity index (χ1v) is 13.8. The van der Waals surface area contributed by atoms with Crippen molar-refractivity contribution >= 4 is 0 Å². The van der Waals surface area contributed by atoms with E-state index >= 15 is 0 Å². The van der Waals surface area contributed by atoms with Crippen LogP contribution in [0.5, 0.6) is 0 Å². The summed E-state index contributed by atoms with van der Waals surface area (Å²) in [6, 6.07) is 17.7. The van der Waals surface area contributed by atoms with Crippen molar-refractivity contribution in [2.75, 3.05) is 0 Å². The third-order valence-corrected chi connectivity index (χ3v) is 1.23. The minimum atomic E-state index is 0.500. The number of rotatable bonds is 0. The molecular weight excluding hydrogens is 434 g/mol. The molecule has 0 atom stereocenters. The molecule has 2 aromatic rings. The van der Waals surface area contributed by atoms with Gasteiger partial charge in [0.15, 0.2) is 0 Å². The summed E-state index contributed by atoms with van der Waals surface area (Å²) in [4.78, 5) is 3.78. The Morgan fingerprint density at radius 1 is 0.278 bits per heavy atom. The highest BCUT2D eigenvalue weighted by Gasteiger charge is 1.96. The van der Waals surface area contributed by atoms with Crippen LogP contribution in [0.15, 0.2) is 67.0 Å². The van der Waals surface area contributed by atoms with Gasteiger partial charge in [0.05, 0.1) is 0 Å². The van der Waals surface area contributed by atoms with Crippen molar-refractivity contribution in [2.24, 2.45) is 21.7 Å². The van der Waals surface area contributed by atoms with E-state index < -0.39 is 0 Å². The Hall–Kier alpha value is -1.63. The molecule has 0 spiro atoms. The molecule has 1 aromatic heterocycles. The highest BCUT2D eigenvalue weighted by Crippen LogP contribution is 2.09. The second kappa shape index (κ2) is 29.6. The molecule has 0 fully saturated rings. The molecule has 1 heteroatoms. The molecule has 0 unspecified atom stereocenters. The van der Waals surface area contributed by atoms with E-state index in [1.807, 2.05) is 82.3 Å². The van der Waals surface area contributed by atoms with Crippen molar-refractivity contribution in [3.63, 3.8) is 0 Å². The summed E-state index contributed by atoms with van der Waals surface area (Å²) in [7, 11) is 0. The zero-order chi connectivity index (χ0) is 30.5. The summed E-state index contributed by atoms with van der Waals surface area (Å²) in [6.45, 7) is 43.0. The van der Waals surface area contributed by atoms with Gasteiger partial charge >= 0.3 is 0 Å². The van der Waals surface area contributed by atoms with E-state index in [4.69, 9.17) is 0 Å². The molecule has 0 aliphatic carbocycles. The fourth-order valence-corrected chi connectivity index (χ4v) is 0.698. The maximum Gasteiger partial charge on any atom is 0.0267 e. The monoisotopic (exact) mass is 506 g/mol. The van der Waals surface area contributed by atoms with Gasteiger partial charge in [-0.2, -0.15) is 0 Å². The Morgan fingerprint density at radius 2 is 0.389 bits per heavy atom. The van der Waals surface area contributed by atoms with Gasteiger partial charge < -0.3 is 0 Å². The molecule has 36 heavy (non-hydrogen) atoms. The average molecular weight is 506 g/mol. The van der Waals surface area contributed by atoms with Crippen LogP contribution in [0.25, 0.3) is 0 Å². The molecule has 0 saturated carbocycles. The first-order chi connectivity index (χ1) is 16.0. The molecule has 0 bridgehead atoms. The minimum absolute atomic E-state index is 0.500. The van der Waals surface area contributed by atoms with E-state index in [1.54, 1.807) is 12.4 Å². The molecule has 1 nitrogen and oxygen atoms in total. The maximum atomic E-state index is 3.78. The topological polar surface area (TPSA) is 12.9 Å². The lowest BCUT2D eigenvalue weighted by molar-refractivity contribution is 0.469. The largest absolute Gasteiger partial charge is 0.265 e. The molecule has 1 heterocycles. The lowest BCUT2D eigenvalue weighted by Crippen LogP contribution is -1.93. The Bertz CT molecular complexity index is 402. The molecule has 0 N–H and O–H groups in total. The van der Waals surface area contributed by atoms with Crippen LogP contribution in [0.4, 0.5) is 0 Å². The Kier molecular flexibility index (Phi) is 39.1. The molecule has 0 aliphatic rings. The Balaban J connectivity index is -0.0000000731. The van der Waals surface area contributed by atoms with Gasteiger partial charge in [-0.3, -0.25) is 4.98 Å². The lowest BCUT2D eigenvalue weighted by atomic mass is 10.0. The number of pyridine rings is 1. The van der Waals surface area contributed by atoms with Crippen molar-refractivity contribution in [1.82, 2.24) is 4.98 Å². The maximum absolute atomic E-state index is 3.78. The molecule has 0 aliphatic heterocycles. The van der Waals surface area contributed by atoms with E-state index in [9.17, 15) is 0 Å². The van der Waals surface area contributed by atoms with Crippen LogP contribution in [0.2, 0.25) is 0 Å². The molecule has 0 radical (unpaired) electrons. The first-order valence-electron chi connectivity index (χ1n) is 13.8. The summed E-state index contributed by atoms with van der Waals surface area (Å²) < 4.78 is 0.